The highest BCUT2D eigenvalue weighted by Crippen LogP contribution is 2.42. The zero-order chi connectivity index (χ0) is 22.7. The van der Waals surface area contributed by atoms with Crippen molar-refractivity contribution in [3.8, 4) is 17.2 Å². The van der Waals surface area contributed by atoms with Crippen LogP contribution in [0.25, 0.3) is 10.9 Å². The first-order valence-electron chi connectivity index (χ1n) is 9.38. The van der Waals surface area contributed by atoms with Crippen molar-refractivity contribution in [1.82, 2.24) is 9.97 Å². The summed E-state index contributed by atoms with van der Waals surface area (Å²) in [5.41, 5.74) is 1.34. The number of rotatable bonds is 7. The zero-order valence-electron chi connectivity index (χ0n) is 16.8. The van der Waals surface area contributed by atoms with Crippen LogP contribution < -0.4 is 14.8 Å². The van der Waals surface area contributed by atoms with Crippen LogP contribution in [0.1, 0.15) is 5.56 Å². The fourth-order valence-electron chi connectivity index (χ4n) is 3.13. The monoisotopic (exact) mass is 452 g/mol. The highest BCUT2D eigenvalue weighted by atomic mass is 35.5. The van der Waals surface area contributed by atoms with Crippen LogP contribution in [-0.2, 0) is 6.61 Å². The lowest BCUT2D eigenvalue weighted by atomic mass is 10.1. The summed E-state index contributed by atoms with van der Waals surface area (Å²) in [7, 11) is 1.60. The lowest BCUT2D eigenvalue weighted by Gasteiger charge is -2.13. The molecule has 1 heterocycles. The molecule has 0 fully saturated rings. The third kappa shape index (κ3) is 4.33. The standard InChI is InChI=1S/C22H17ClN4O5/c1-31-15-5-2-13(3-6-15)11-32-20-7-4-14(8-17(20)23)26-21-16-10-24-12-25-18(16)9-19(28)22(21)27(29)30/h2-10,12,26,28H,11H2,1H3. The minimum Gasteiger partial charge on any atom is -0.502 e. The predicted molar refractivity (Wildman–Crippen MR) is 120 cm³/mol. The molecule has 162 valence electrons. The Labute approximate surface area is 187 Å². The van der Waals surface area contributed by atoms with E-state index in [2.05, 4.69) is 15.3 Å². The van der Waals surface area contributed by atoms with Gasteiger partial charge in [-0.3, -0.25) is 10.1 Å². The molecule has 0 spiro atoms. The van der Waals surface area contributed by atoms with E-state index in [0.717, 1.165) is 11.3 Å². The van der Waals surface area contributed by atoms with Gasteiger partial charge < -0.3 is 19.9 Å². The van der Waals surface area contributed by atoms with Gasteiger partial charge in [-0.15, -0.1) is 0 Å². The molecule has 2 N–H and O–H groups in total. The SMILES string of the molecule is COc1ccc(COc2ccc(Nc3c([N+](=O)[O-])c(O)cc4ncncc34)cc2Cl)cc1. The third-order valence-corrected chi connectivity index (χ3v) is 5.00. The molecule has 0 saturated heterocycles. The van der Waals surface area contributed by atoms with E-state index in [9.17, 15) is 15.2 Å². The summed E-state index contributed by atoms with van der Waals surface area (Å²) >= 11 is 6.37. The average molecular weight is 453 g/mol. The van der Waals surface area contributed by atoms with E-state index in [0.29, 0.717) is 34.0 Å². The number of ether oxygens (including phenoxy) is 2. The second-order valence-electron chi connectivity index (χ2n) is 6.74. The number of aromatic nitrogens is 2. The van der Waals surface area contributed by atoms with Gasteiger partial charge in [-0.1, -0.05) is 23.7 Å². The average Bonchev–Trinajstić information content (AvgIpc) is 2.78. The molecular weight excluding hydrogens is 436 g/mol. The van der Waals surface area contributed by atoms with E-state index in [-0.39, 0.29) is 5.69 Å². The van der Waals surface area contributed by atoms with Crippen molar-refractivity contribution in [1.29, 1.82) is 0 Å². The summed E-state index contributed by atoms with van der Waals surface area (Å²) in [6.07, 6.45) is 2.73. The molecule has 0 unspecified atom stereocenters. The summed E-state index contributed by atoms with van der Waals surface area (Å²) in [5.74, 6) is 0.696. The number of anilines is 2. The Morgan fingerprint density at radius 1 is 1.19 bits per heavy atom. The number of nitro groups is 1. The van der Waals surface area contributed by atoms with Crippen LogP contribution in [-0.4, -0.2) is 27.1 Å². The van der Waals surface area contributed by atoms with Gasteiger partial charge in [0.25, 0.3) is 0 Å². The third-order valence-electron chi connectivity index (χ3n) is 4.70. The van der Waals surface area contributed by atoms with Gasteiger partial charge >= 0.3 is 5.69 Å². The number of nitrogens with zero attached hydrogens (tertiary/aromatic N) is 3. The van der Waals surface area contributed by atoms with Gasteiger partial charge in [0.1, 0.15) is 30.1 Å². The fraction of sp³-hybridized carbons (Fsp3) is 0.0909. The molecule has 4 aromatic rings. The number of aromatic hydroxyl groups is 1. The molecule has 0 atom stereocenters. The first kappa shape index (κ1) is 21.1. The second kappa shape index (κ2) is 8.94. The summed E-state index contributed by atoms with van der Waals surface area (Å²) < 4.78 is 10.9. The highest BCUT2D eigenvalue weighted by Gasteiger charge is 2.24. The number of halogens is 1. The van der Waals surface area contributed by atoms with Crippen molar-refractivity contribution in [3.63, 3.8) is 0 Å². The van der Waals surface area contributed by atoms with Gasteiger partial charge in [0.2, 0.25) is 0 Å². The molecule has 3 aromatic carbocycles. The van der Waals surface area contributed by atoms with E-state index >= 15 is 0 Å². The Morgan fingerprint density at radius 3 is 2.66 bits per heavy atom. The van der Waals surface area contributed by atoms with E-state index in [4.69, 9.17) is 21.1 Å². The zero-order valence-corrected chi connectivity index (χ0v) is 17.5. The molecule has 1 aromatic heterocycles. The van der Waals surface area contributed by atoms with Crippen molar-refractivity contribution in [3.05, 3.63) is 81.8 Å². The Balaban J connectivity index is 1.59. The Morgan fingerprint density at radius 2 is 1.97 bits per heavy atom. The molecule has 0 aliphatic rings. The highest BCUT2D eigenvalue weighted by molar-refractivity contribution is 6.32. The minimum atomic E-state index is -0.669. The molecule has 4 rings (SSSR count). The van der Waals surface area contributed by atoms with Crippen LogP contribution in [0, 0.1) is 10.1 Å². The number of methoxy groups -OCH3 is 1. The summed E-state index contributed by atoms with van der Waals surface area (Å²) in [4.78, 5) is 18.9. The van der Waals surface area contributed by atoms with E-state index in [1.165, 1.54) is 18.6 Å². The molecule has 0 saturated carbocycles. The van der Waals surface area contributed by atoms with Crippen LogP contribution in [0.5, 0.6) is 17.2 Å². The minimum absolute atomic E-state index is 0.0635. The number of nitro benzene ring substituents is 1. The largest absolute Gasteiger partial charge is 0.502 e. The van der Waals surface area contributed by atoms with Gasteiger partial charge in [0.15, 0.2) is 5.75 Å². The predicted octanol–water partition coefficient (Wildman–Crippen LogP) is 5.23. The number of phenols is 1. The van der Waals surface area contributed by atoms with E-state index in [1.807, 2.05) is 24.3 Å². The molecule has 9 nitrogen and oxygen atoms in total. The smallest absolute Gasteiger partial charge is 0.334 e. The lowest BCUT2D eigenvalue weighted by molar-refractivity contribution is -0.384. The maximum Gasteiger partial charge on any atom is 0.334 e. The maximum absolute atomic E-state index is 11.6. The van der Waals surface area contributed by atoms with Crippen LogP contribution in [0.2, 0.25) is 5.02 Å². The number of hydrogen-bond donors (Lipinski definition) is 2. The molecule has 10 heteroatoms. The van der Waals surface area contributed by atoms with Gasteiger partial charge in [-0.25, -0.2) is 9.97 Å². The number of benzene rings is 3. The molecular formula is C22H17ClN4O5. The number of nitrogens with one attached hydrogen (secondary N) is 1. The van der Waals surface area contributed by atoms with Crippen LogP contribution in [0.15, 0.2) is 61.1 Å². The van der Waals surface area contributed by atoms with Gasteiger partial charge in [-0.05, 0) is 35.9 Å². The van der Waals surface area contributed by atoms with Crippen molar-refractivity contribution in [2.45, 2.75) is 6.61 Å². The molecule has 0 radical (unpaired) electrons. The first-order chi connectivity index (χ1) is 15.5. The van der Waals surface area contributed by atoms with Gasteiger partial charge in [0.05, 0.1) is 22.6 Å². The molecule has 0 amide bonds. The van der Waals surface area contributed by atoms with Crippen molar-refractivity contribution in [2.75, 3.05) is 12.4 Å². The van der Waals surface area contributed by atoms with Crippen LogP contribution in [0.4, 0.5) is 17.1 Å². The van der Waals surface area contributed by atoms with Gasteiger partial charge in [-0.2, -0.15) is 0 Å². The van der Waals surface area contributed by atoms with Gasteiger partial charge in [0, 0.05) is 23.3 Å². The second-order valence-corrected chi connectivity index (χ2v) is 7.15. The van der Waals surface area contributed by atoms with Crippen LogP contribution in [0.3, 0.4) is 0 Å². The van der Waals surface area contributed by atoms with E-state index < -0.39 is 16.4 Å². The Hall–Kier alpha value is -4.11. The van der Waals surface area contributed by atoms with Crippen molar-refractivity contribution >= 4 is 39.6 Å². The number of hydrogen-bond acceptors (Lipinski definition) is 8. The molecule has 32 heavy (non-hydrogen) atoms. The number of fused-ring (bicyclic) bond motifs is 1. The fourth-order valence-corrected chi connectivity index (χ4v) is 3.37. The first-order valence-corrected chi connectivity index (χ1v) is 9.76. The normalized spacial score (nSPS) is 10.7. The quantitative estimate of drug-likeness (QED) is 0.289. The Bertz CT molecular complexity index is 1300. The number of phenolic OH excluding ortho intramolecular Hbond substituents is 1. The van der Waals surface area contributed by atoms with Crippen molar-refractivity contribution in [2.24, 2.45) is 0 Å². The molecule has 0 bridgehead atoms. The summed E-state index contributed by atoms with van der Waals surface area (Å²) in [5, 5.41) is 25.4. The van der Waals surface area contributed by atoms with Crippen LogP contribution >= 0.6 is 11.6 Å². The molecule has 0 aliphatic carbocycles. The lowest BCUT2D eigenvalue weighted by Crippen LogP contribution is -2.00. The van der Waals surface area contributed by atoms with Crippen molar-refractivity contribution < 1.29 is 19.5 Å². The molecule has 0 aliphatic heterocycles. The topological polar surface area (TPSA) is 120 Å². The maximum atomic E-state index is 11.6. The summed E-state index contributed by atoms with van der Waals surface area (Å²) in [6, 6.07) is 13.6. The van der Waals surface area contributed by atoms with E-state index in [1.54, 1.807) is 25.3 Å². The summed E-state index contributed by atoms with van der Waals surface area (Å²) in [6.45, 7) is 0.302. The Kier molecular flexibility index (Phi) is 5.91.